The molecule has 4 aromatic carbocycles. The van der Waals surface area contributed by atoms with E-state index in [9.17, 15) is 18.0 Å². The van der Waals surface area contributed by atoms with Crippen LogP contribution >= 0.6 is 0 Å². The van der Waals surface area contributed by atoms with Crippen molar-refractivity contribution >= 4 is 33.8 Å². The van der Waals surface area contributed by atoms with Gasteiger partial charge in [0.25, 0.3) is 15.9 Å². The normalized spacial score (nSPS) is 11.2. The number of ether oxygens (including phenoxy) is 3. The third-order valence-corrected chi connectivity index (χ3v) is 7.75. The van der Waals surface area contributed by atoms with Gasteiger partial charge in [-0.3, -0.25) is 9.52 Å². The van der Waals surface area contributed by atoms with E-state index in [0.717, 1.165) is 18.4 Å². The Bertz CT molecular complexity index is 1720. The zero-order valence-corrected chi connectivity index (χ0v) is 25.4. The Hall–Kier alpha value is -5.16. The Morgan fingerprint density at radius 3 is 2.20 bits per heavy atom. The maximum Gasteiger partial charge on any atom is 0.343 e. The van der Waals surface area contributed by atoms with Gasteiger partial charge >= 0.3 is 5.97 Å². The molecule has 0 fully saturated rings. The number of rotatable bonds is 13. The fraction of sp³-hybridized carbons (Fsp3) is 0.182. The highest BCUT2D eigenvalue weighted by Gasteiger charge is 2.15. The zero-order chi connectivity index (χ0) is 31.5. The first-order valence-corrected chi connectivity index (χ1v) is 15.3. The molecule has 0 aliphatic rings. The molecule has 4 rings (SSSR count). The molecule has 228 valence electrons. The SMILES string of the molecule is CCCCOc1ccc(C(=O)Oc2ccc(/C=N\NC(=O)c3ccc(NS(=O)(=O)c4ccc(C)cc4)cc3)cc2OC)cc1. The summed E-state index contributed by atoms with van der Waals surface area (Å²) in [5, 5.41) is 3.98. The molecule has 0 aliphatic carbocycles. The van der Waals surface area contributed by atoms with E-state index in [1.165, 1.54) is 49.7 Å². The number of carbonyl (C=O) groups excluding carboxylic acids is 2. The van der Waals surface area contributed by atoms with Crippen molar-refractivity contribution in [2.24, 2.45) is 5.10 Å². The zero-order valence-electron chi connectivity index (χ0n) is 24.6. The fourth-order valence-corrected chi connectivity index (χ4v) is 4.94. The number of hydrogen-bond donors (Lipinski definition) is 2. The van der Waals surface area contributed by atoms with Crippen LogP contribution in [-0.2, 0) is 10.0 Å². The lowest BCUT2D eigenvalue weighted by Gasteiger charge is -2.10. The number of hydrazone groups is 1. The average molecular weight is 616 g/mol. The van der Waals surface area contributed by atoms with Crippen LogP contribution in [0.3, 0.4) is 0 Å². The molecule has 0 saturated carbocycles. The number of esters is 1. The first-order chi connectivity index (χ1) is 21.2. The van der Waals surface area contributed by atoms with Crippen LogP contribution in [0, 0.1) is 6.92 Å². The first kappa shape index (κ1) is 31.8. The molecule has 0 bridgehead atoms. The molecule has 0 radical (unpaired) electrons. The average Bonchev–Trinajstić information content (AvgIpc) is 3.02. The van der Waals surface area contributed by atoms with Crippen molar-refractivity contribution in [3.05, 3.63) is 113 Å². The molecule has 10 nitrogen and oxygen atoms in total. The van der Waals surface area contributed by atoms with E-state index >= 15 is 0 Å². The van der Waals surface area contributed by atoms with Crippen molar-refractivity contribution in [3.63, 3.8) is 0 Å². The minimum absolute atomic E-state index is 0.139. The number of aryl methyl sites for hydroxylation is 1. The highest BCUT2D eigenvalue weighted by molar-refractivity contribution is 7.92. The van der Waals surface area contributed by atoms with Crippen LogP contribution in [0.25, 0.3) is 0 Å². The predicted octanol–water partition coefficient (Wildman–Crippen LogP) is 5.97. The number of amides is 1. The van der Waals surface area contributed by atoms with Crippen LogP contribution in [0.5, 0.6) is 17.2 Å². The molecular formula is C33H33N3O7S. The fourth-order valence-electron chi connectivity index (χ4n) is 3.88. The molecular weight excluding hydrogens is 582 g/mol. The Labute approximate surface area is 256 Å². The number of sulfonamides is 1. The van der Waals surface area contributed by atoms with Crippen molar-refractivity contribution < 1.29 is 32.2 Å². The summed E-state index contributed by atoms with van der Waals surface area (Å²) in [6.45, 7) is 4.57. The van der Waals surface area contributed by atoms with Gasteiger partial charge in [0.05, 0.1) is 30.4 Å². The molecule has 44 heavy (non-hydrogen) atoms. The summed E-state index contributed by atoms with van der Waals surface area (Å²) >= 11 is 0. The number of nitrogens with zero attached hydrogens (tertiary/aromatic N) is 1. The van der Waals surface area contributed by atoms with Gasteiger partial charge in [-0.05, 0) is 97.8 Å². The quantitative estimate of drug-likeness (QED) is 0.0623. The Morgan fingerprint density at radius 2 is 1.55 bits per heavy atom. The number of carbonyl (C=O) groups is 2. The van der Waals surface area contributed by atoms with Crippen LogP contribution in [0.15, 0.2) is 101 Å². The maximum atomic E-state index is 12.7. The molecule has 0 atom stereocenters. The standard InChI is InChI=1S/C33H33N3O7S/c1-4-5-20-42-28-15-11-26(12-16-28)33(38)43-30-19-8-24(21-31(30)41-3)22-34-35-32(37)25-9-13-27(14-10-25)36-44(39,40)29-17-6-23(2)7-18-29/h6-19,21-22,36H,4-5,20H2,1-3H3,(H,35,37)/b34-22-. The van der Waals surface area contributed by atoms with Crippen molar-refractivity contribution in [2.75, 3.05) is 18.4 Å². The molecule has 4 aromatic rings. The van der Waals surface area contributed by atoms with Gasteiger partial charge < -0.3 is 14.2 Å². The topological polar surface area (TPSA) is 132 Å². The first-order valence-electron chi connectivity index (χ1n) is 13.8. The van der Waals surface area contributed by atoms with Gasteiger partial charge in [-0.2, -0.15) is 5.10 Å². The predicted molar refractivity (Wildman–Crippen MR) is 168 cm³/mol. The second-order valence-electron chi connectivity index (χ2n) is 9.72. The monoisotopic (exact) mass is 615 g/mol. The third-order valence-electron chi connectivity index (χ3n) is 6.36. The number of anilines is 1. The van der Waals surface area contributed by atoms with Crippen LogP contribution in [-0.4, -0.2) is 40.2 Å². The minimum Gasteiger partial charge on any atom is -0.494 e. The van der Waals surface area contributed by atoms with E-state index in [4.69, 9.17) is 14.2 Å². The maximum absolute atomic E-state index is 12.7. The van der Waals surface area contributed by atoms with Crippen molar-refractivity contribution in [1.29, 1.82) is 0 Å². The molecule has 0 unspecified atom stereocenters. The summed E-state index contributed by atoms with van der Waals surface area (Å²) in [6, 6.07) is 24.0. The smallest absolute Gasteiger partial charge is 0.343 e. The number of methoxy groups -OCH3 is 1. The van der Waals surface area contributed by atoms with Gasteiger partial charge in [-0.25, -0.2) is 18.6 Å². The minimum atomic E-state index is -3.76. The van der Waals surface area contributed by atoms with Gasteiger partial charge in [-0.15, -0.1) is 0 Å². The van der Waals surface area contributed by atoms with Crippen LogP contribution in [0.2, 0.25) is 0 Å². The molecule has 0 aromatic heterocycles. The summed E-state index contributed by atoms with van der Waals surface area (Å²) in [6.07, 6.45) is 3.40. The molecule has 2 N–H and O–H groups in total. The van der Waals surface area contributed by atoms with E-state index < -0.39 is 21.9 Å². The summed E-state index contributed by atoms with van der Waals surface area (Å²) in [7, 11) is -2.31. The van der Waals surface area contributed by atoms with Crippen molar-refractivity contribution in [1.82, 2.24) is 5.43 Å². The van der Waals surface area contributed by atoms with Crippen LogP contribution < -0.4 is 24.4 Å². The van der Waals surface area contributed by atoms with Crippen molar-refractivity contribution in [3.8, 4) is 17.2 Å². The summed E-state index contributed by atoms with van der Waals surface area (Å²) in [4.78, 5) is 25.4. The Morgan fingerprint density at radius 1 is 0.864 bits per heavy atom. The second kappa shape index (κ2) is 14.8. The molecule has 11 heteroatoms. The lowest BCUT2D eigenvalue weighted by atomic mass is 10.2. The number of unbranched alkanes of at least 4 members (excludes halogenated alkanes) is 1. The summed E-state index contributed by atoms with van der Waals surface area (Å²) < 4.78 is 44.2. The lowest BCUT2D eigenvalue weighted by Crippen LogP contribution is -2.18. The van der Waals surface area contributed by atoms with Crippen molar-refractivity contribution in [2.45, 2.75) is 31.6 Å². The van der Waals surface area contributed by atoms with Crippen LogP contribution in [0.4, 0.5) is 5.69 Å². The molecule has 0 spiro atoms. The van der Waals surface area contributed by atoms with E-state index in [1.54, 1.807) is 54.6 Å². The molecule has 1 amide bonds. The van der Waals surface area contributed by atoms with Gasteiger partial charge in [0.2, 0.25) is 0 Å². The molecule has 0 aliphatic heterocycles. The number of nitrogens with one attached hydrogen (secondary N) is 2. The van der Waals surface area contributed by atoms with E-state index in [1.807, 2.05) is 6.92 Å². The van der Waals surface area contributed by atoms with Crippen LogP contribution in [0.1, 0.15) is 51.6 Å². The third kappa shape index (κ3) is 8.68. The summed E-state index contributed by atoms with van der Waals surface area (Å²) in [5.74, 6) is 0.165. The molecule has 0 heterocycles. The Balaban J connectivity index is 1.32. The van der Waals surface area contributed by atoms with E-state index in [2.05, 4.69) is 22.2 Å². The number of benzene rings is 4. The molecule has 0 saturated heterocycles. The number of hydrogen-bond acceptors (Lipinski definition) is 8. The van der Waals surface area contributed by atoms with Gasteiger partial charge in [-0.1, -0.05) is 31.0 Å². The summed E-state index contributed by atoms with van der Waals surface area (Å²) in [5.41, 5.74) is 4.91. The van der Waals surface area contributed by atoms with Gasteiger partial charge in [0, 0.05) is 11.3 Å². The largest absolute Gasteiger partial charge is 0.494 e. The Kier molecular flexibility index (Phi) is 10.7. The second-order valence-corrected chi connectivity index (χ2v) is 11.4. The highest BCUT2D eigenvalue weighted by Crippen LogP contribution is 2.28. The lowest BCUT2D eigenvalue weighted by molar-refractivity contribution is 0.0729. The van der Waals surface area contributed by atoms with Gasteiger partial charge in [0.1, 0.15) is 5.75 Å². The highest BCUT2D eigenvalue weighted by atomic mass is 32.2. The van der Waals surface area contributed by atoms with E-state index in [0.29, 0.717) is 34.9 Å². The van der Waals surface area contributed by atoms with E-state index in [-0.39, 0.29) is 16.2 Å². The van der Waals surface area contributed by atoms with Gasteiger partial charge in [0.15, 0.2) is 11.5 Å².